The van der Waals surface area contributed by atoms with Gasteiger partial charge in [-0.15, -0.1) is 0 Å². The number of nitriles is 1. The van der Waals surface area contributed by atoms with Crippen LogP contribution in [0.5, 0.6) is 0 Å². The fraction of sp³-hybridized carbons (Fsp3) is 0.0588. The van der Waals surface area contributed by atoms with Gasteiger partial charge in [-0.25, -0.2) is 4.99 Å². The number of hydrogen-bond donors (Lipinski definition) is 1. The molecule has 24 heavy (non-hydrogen) atoms. The SMILES string of the molecule is CSC(=Nc1ccc(-c2nc(-c3ccccc3)no2)cc1)NC#N. The topological polar surface area (TPSA) is 87.1 Å². The highest BCUT2D eigenvalue weighted by Crippen LogP contribution is 2.24. The van der Waals surface area contributed by atoms with E-state index in [0.29, 0.717) is 16.9 Å². The minimum atomic E-state index is 0.449. The van der Waals surface area contributed by atoms with Crippen molar-refractivity contribution >= 4 is 22.6 Å². The van der Waals surface area contributed by atoms with Crippen molar-refractivity contribution in [1.82, 2.24) is 15.5 Å². The summed E-state index contributed by atoms with van der Waals surface area (Å²) in [5.41, 5.74) is 2.44. The van der Waals surface area contributed by atoms with E-state index in [1.54, 1.807) is 0 Å². The van der Waals surface area contributed by atoms with Gasteiger partial charge in [0.2, 0.25) is 5.82 Å². The lowest BCUT2D eigenvalue weighted by Crippen LogP contribution is -2.12. The Morgan fingerprint density at radius 1 is 1.12 bits per heavy atom. The van der Waals surface area contributed by atoms with Gasteiger partial charge in [-0.2, -0.15) is 10.2 Å². The molecule has 1 aromatic heterocycles. The number of amidine groups is 1. The maximum atomic E-state index is 8.65. The predicted octanol–water partition coefficient (Wildman–Crippen LogP) is 3.82. The van der Waals surface area contributed by atoms with Crippen molar-refractivity contribution in [3.8, 4) is 29.0 Å². The first kappa shape index (κ1) is 15.8. The molecule has 0 aliphatic heterocycles. The van der Waals surface area contributed by atoms with Crippen molar-refractivity contribution in [1.29, 1.82) is 5.26 Å². The van der Waals surface area contributed by atoms with E-state index in [9.17, 15) is 0 Å². The van der Waals surface area contributed by atoms with Crippen molar-refractivity contribution in [3.05, 3.63) is 54.6 Å². The Hall–Kier alpha value is -3.11. The minimum absolute atomic E-state index is 0.449. The molecule has 0 saturated carbocycles. The summed E-state index contributed by atoms with van der Waals surface area (Å²) in [7, 11) is 0. The van der Waals surface area contributed by atoms with Crippen LogP contribution in [0.1, 0.15) is 0 Å². The van der Waals surface area contributed by atoms with Gasteiger partial charge in [-0.3, -0.25) is 5.32 Å². The molecule has 7 heteroatoms. The first-order valence-corrected chi connectivity index (χ1v) is 8.30. The zero-order valence-electron chi connectivity index (χ0n) is 12.8. The van der Waals surface area contributed by atoms with Gasteiger partial charge in [-0.1, -0.05) is 47.3 Å². The standard InChI is InChI=1S/C17H13N5OS/c1-24-17(19-11-18)20-14-9-7-13(8-10-14)16-21-15(22-23-16)12-5-3-2-4-6-12/h2-10H,1H3,(H,19,20). The van der Waals surface area contributed by atoms with Crippen LogP contribution in [0.3, 0.4) is 0 Å². The van der Waals surface area contributed by atoms with Gasteiger partial charge in [0.25, 0.3) is 5.89 Å². The Morgan fingerprint density at radius 2 is 1.88 bits per heavy atom. The van der Waals surface area contributed by atoms with E-state index < -0.39 is 0 Å². The second-order valence-corrected chi connectivity index (χ2v) is 5.49. The molecular weight excluding hydrogens is 322 g/mol. The lowest BCUT2D eigenvalue weighted by molar-refractivity contribution is 0.432. The molecule has 0 bridgehead atoms. The average Bonchev–Trinajstić information content (AvgIpc) is 3.13. The van der Waals surface area contributed by atoms with E-state index in [4.69, 9.17) is 9.78 Å². The van der Waals surface area contributed by atoms with Crippen LogP contribution in [0.25, 0.3) is 22.8 Å². The van der Waals surface area contributed by atoms with Crippen molar-refractivity contribution in [2.24, 2.45) is 4.99 Å². The first-order valence-electron chi connectivity index (χ1n) is 7.07. The molecule has 0 aliphatic rings. The second kappa shape index (κ2) is 7.44. The predicted molar refractivity (Wildman–Crippen MR) is 94.5 cm³/mol. The molecule has 0 unspecified atom stereocenters. The fourth-order valence-corrected chi connectivity index (χ4v) is 2.36. The van der Waals surface area contributed by atoms with E-state index in [1.807, 2.05) is 67.0 Å². The Kier molecular flexibility index (Phi) is 4.89. The van der Waals surface area contributed by atoms with E-state index in [-0.39, 0.29) is 0 Å². The zero-order chi connectivity index (χ0) is 16.8. The summed E-state index contributed by atoms with van der Waals surface area (Å²) in [6, 6.07) is 17.0. The lowest BCUT2D eigenvalue weighted by Gasteiger charge is -2.00. The summed E-state index contributed by atoms with van der Waals surface area (Å²) in [5.74, 6) is 1.00. The summed E-state index contributed by atoms with van der Waals surface area (Å²) in [6.45, 7) is 0. The van der Waals surface area contributed by atoms with E-state index in [2.05, 4.69) is 20.4 Å². The van der Waals surface area contributed by atoms with Gasteiger partial charge in [0.1, 0.15) is 0 Å². The molecule has 2 aromatic carbocycles. The van der Waals surface area contributed by atoms with Crippen LogP contribution >= 0.6 is 11.8 Å². The van der Waals surface area contributed by atoms with Crippen LogP contribution in [0.2, 0.25) is 0 Å². The number of aliphatic imine (C=N–C) groups is 1. The van der Waals surface area contributed by atoms with Gasteiger partial charge in [0.05, 0.1) is 5.69 Å². The molecule has 0 atom stereocenters. The number of thioether (sulfide) groups is 1. The van der Waals surface area contributed by atoms with Crippen LogP contribution < -0.4 is 5.32 Å². The highest BCUT2D eigenvalue weighted by molar-refractivity contribution is 8.13. The Balaban J connectivity index is 1.82. The highest BCUT2D eigenvalue weighted by Gasteiger charge is 2.10. The molecule has 0 radical (unpaired) electrons. The molecular formula is C17H13N5OS. The summed E-state index contributed by atoms with van der Waals surface area (Å²) in [6.07, 6.45) is 3.71. The average molecular weight is 335 g/mol. The molecule has 0 aliphatic carbocycles. The molecule has 6 nitrogen and oxygen atoms in total. The van der Waals surface area contributed by atoms with Gasteiger partial charge in [-0.05, 0) is 30.5 Å². The number of benzene rings is 2. The Labute approximate surface area is 143 Å². The van der Waals surface area contributed by atoms with Crippen LogP contribution in [0, 0.1) is 11.5 Å². The molecule has 3 rings (SSSR count). The molecule has 0 saturated heterocycles. The van der Waals surface area contributed by atoms with Crippen molar-refractivity contribution in [2.75, 3.05) is 6.26 Å². The van der Waals surface area contributed by atoms with Crippen molar-refractivity contribution in [3.63, 3.8) is 0 Å². The molecule has 0 spiro atoms. The minimum Gasteiger partial charge on any atom is -0.334 e. The normalized spacial score (nSPS) is 11.1. The first-order chi connectivity index (χ1) is 11.8. The summed E-state index contributed by atoms with van der Waals surface area (Å²) >= 11 is 1.37. The number of rotatable bonds is 3. The Bertz CT molecular complexity index is 881. The van der Waals surface area contributed by atoms with E-state index in [0.717, 1.165) is 16.8 Å². The molecule has 3 aromatic rings. The van der Waals surface area contributed by atoms with E-state index in [1.165, 1.54) is 11.8 Å². The third kappa shape index (κ3) is 3.62. The Morgan fingerprint density at radius 3 is 2.54 bits per heavy atom. The monoisotopic (exact) mass is 335 g/mol. The molecule has 1 heterocycles. The number of nitrogens with one attached hydrogen (secondary N) is 1. The fourth-order valence-electron chi connectivity index (χ4n) is 2.01. The smallest absolute Gasteiger partial charge is 0.258 e. The largest absolute Gasteiger partial charge is 0.334 e. The number of nitrogens with zero attached hydrogens (tertiary/aromatic N) is 4. The molecule has 0 fully saturated rings. The van der Waals surface area contributed by atoms with Gasteiger partial charge >= 0.3 is 0 Å². The quantitative estimate of drug-likeness (QED) is 0.339. The van der Waals surface area contributed by atoms with Crippen molar-refractivity contribution < 1.29 is 4.52 Å². The van der Waals surface area contributed by atoms with Crippen LogP contribution in [0.4, 0.5) is 5.69 Å². The number of aromatic nitrogens is 2. The second-order valence-electron chi connectivity index (χ2n) is 4.69. The third-order valence-electron chi connectivity index (χ3n) is 3.16. The maximum absolute atomic E-state index is 8.65. The van der Waals surface area contributed by atoms with Crippen LogP contribution in [-0.4, -0.2) is 21.6 Å². The van der Waals surface area contributed by atoms with Crippen molar-refractivity contribution in [2.45, 2.75) is 0 Å². The van der Waals surface area contributed by atoms with Gasteiger partial charge < -0.3 is 4.52 Å². The van der Waals surface area contributed by atoms with Gasteiger partial charge in [0.15, 0.2) is 11.4 Å². The van der Waals surface area contributed by atoms with Crippen LogP contribution in [0.15, 0.2) is 64.1 Å². The summed E-state index contributed by atoms with van der Waals surface area (Å²) in [5, 5.41) is 15.7. The third-order valence-corrected chi connectivity index (χ3v) is 3.74. The molecule has 0 amide bonds. The molecule has 1 N–H and O–H groups in total. The van der Waals surface area contributed by atoms with E-state index >= 15 is 0 Å². The number of hydrogen-bond acceptors (Lipinski definition) is 6. The highest BCUT2D eigenvalue weighted by atomic mass is 32.2. The maximum Gasteiger partial charge on any atom is 0.258 e. The zero-order valence-corrected chi connectivity index (χ0v) is 13.6. The lowest BCUT2D eigenvalue weighted by atomic mass is 10.2. The van der Waals surface area contributed by atoms with Crippen LogP contribution in [-0.2, 0) is 0 Å². The summed E-state index contributed by atoms with van der Waals surface area (Å²) < 4.78 is 5.33. The summed E-state index contributed by atoms with van der Waals surface area (Å²) in [4.78, 5) is 8.75. The van der Waals surface area contributed by atoms with Gasteiger partial charge in [0, 0.05) is 11.1 Å². The molecule has 118 valence electrons.